The number of aromatic amines is 1. The molecule has 2 aromatic rings. The van der Waals surface area contributed by atoms with Crippen molar-refractivity contribution in [3.63, 3.8) is 0 Å². The van der Waals surface area contributed by atoms with Gasteiger partial charge in [-0.3, -0.25) is 5.10 Å². The number of H-pyrrole nitrogens is 1. The van der Waals surface area contributed by atoms with Gasteiger partial charge in [0.2, 0.25) is 0 Å². The quantitative estimate of drug-likeness (QED) is 0.747. The second-order valence-electron chi connectivity index (χ2n) is 4.69. The first-order valence-corrected chi connectivity index (χ1v) is 4.69. The fraction of sp³-hybridized carbons (Fsp3) is 0.500. The smallest absolute Gasteiger partial charge is 0.158 e. The molecule has 2 heterocycles. The summed E-state index contributed by atoms with van der Waals surface area (Å²) in [7, 11) is 0. The number of nitrogens with zero attached hydrogens (tertiary/aromatic N) is 3. The van der Waals surface area contributed by atoms with Crippen LogP contribution >= 0.6 is 0 Å². The molecular formula is C10H14N4. The Labute approximate surface area is 82.8 Å². The molecule has 0 aliphatic heterocycles. The van der Waals surface area contributed by atoms with Gasteiger partial charge in [-0.1, -0.05) is 20.8 Å². The molecule has 0 aromatic carbocycles. The molecular weight excluding hydrogens is 176 g/mol. The van der Waals surface area contributed by atoms with Gasteiger partial charge >= 0.3 is 0 Å². The van der Waals surface area contributed by atoms with Crippen LogP contribution in [0, 0.1) is 5.41 Å². The molecule has 4 nitrogen and oxygen atoms in total. The van der Waals surface area contributed by atoms with Gasteiger partial charge in [-0.25, -0.2) is 9.97 Å². The summed E-state index contributed by atoms with van der Waals surface area (Å²) in [6.45, 7) is 6.58. The Balaban J connectivity index is 2.44. The van der Waals surface area contributed by atoms with Crippen molar-refractivity contribution in [3.8, 4) is 0 Å². The standard InChI is InChI=1S/C10H14N4/c1-10(2,3)4-8-7-5-11-6-12-9(7)14-13-8/h5-6H,4H2,1-3H3,(H,11,12,13,14). The summed E-state index contributed by atoms with van der Waals surface area (Å²) in [5.74, 6) is 0. The highest BCUT2D eigenvalue weighted by molar-refractivity contribution is 5.76. The second-order valence-corrected chi connectivity index (χ2v) is 4.69. The number of hydrogen-bond donors (Lipinski definition) is 1. The monoisotopic (exact) mass is 190 g/mol. The lowest BCUT2D eigenvalue weighted by Gasteiger charge is -2.15. The molecule has 0 aliphatic rings. The van der Waals surface area contributed by atoms with E-state index < -0.39 is 0 Å². The molecule has 0 atom stereocenters. The summed E-state index contributed by atoms with van der Waals surface area (Å²) in [4.78, 5) is 8.11. The number of aromatic nitrogens is 4. The topological polar surface area (TPSA) is 54.5 Å². The van der Waals surface area contributed by atoms with E-state index in [-0.39, 0.29) is 5.41 Å². The number of rotatable bonds is 1. The maximum absolute atomic E-state index is 4.25. The van der Waals surface area contributed by atoms with Crippen molar-refractivity contribution in [2.75, 3.05) is 0 Å². The van der Waals surface area contributed by atoms with Gasteiger partial charge in [0.15, 0.2) is 5.65 Å². The Morgan fingerprint density at radius 1 is 1.36 bits per heavy atom. The second kappa shape index (κ2) is 3.04. The number of nitrogens with one attached hydrogen (secondary N) is 1. The SMILES string of the molecule is CC(C)(C)Cc1n[nH]c2ncncc12. The van der Waals surface area contributed by atoms with Crippen LogP contribution in [-0.4, -0.2) is 20.2 Å². The van der Waals surface area contributed by atoms with Gasteiger partial charge in [-0.05, 0) is 11.8 Å². The molecule has 2 aromatic heterocycles. The maximum Gasteiger partial charge on any atom is 0.158 e. The summed E-state index contributed by atoms with van der Waals surface area (Å²) < 4.78 is 0. The average molecular weight is 190 g/mol. The van der Waals surface area contributed by atoms with Crippen molar-refractivity contribution in [2.24, 2.45) is 5.41 Å². The summed E-state index contributed by atoms with van der Waals surface area (Å²) in [5.41, 5.74) is 2.10. The van der Waals surface area contributed by atoms with E-state index >= 15 is 0 Å². The molecule has 1 N–H and O–H groups in total. The lowest BCUT2D eigenvalue weighted by atomic mass is 9.90. The maximum atomic E-state index is 4.25. The first-order chi connectivity index (χ1) is 6.56. The fourth-order valence-electron chi connectivity index (χ4n) is 1.45. The Hall–Kier alpha value is -1.45. The molecule has 0 amide bonds. The highest BCUT2D eigenvalue weighted by Gasteiger charge is 2.15. The molecule has 0 bridgehead atoms. The molecule has 0 fully saturated rings. The zero-order chi connectivity index (χ0) is 10.2. The normalized spacial score (nSPS) is 12.2. The van der Waals surface area contributed by atoms with Crippen LogP contribution in [0.1, 0.15) is 26.5 Å². The molecule has 0 saturated heterocycles. The van der Waals surface area contributed by atoms with E-state index in [2.05, 4.69) is 40.9 Å². The van der Waals surface area contributed by atoms with Crippen molar-refractivity contribution < 1.29 is 0 Å². The summed E-state index contributed by atoms with van der Waals surface area (Å²) in [6, 6.07) is 0. The minimum absolute atomic E-state index is 0.234. The largest absolute Gasteiger partial charge is 0.260 e. The highest BCUT2D eigenvalue weighted by atomic mass is 15.2. The molecule has 14 heavy (non-hydrogen) atoms. The minimum Gasteiger partial charge on any atom is -0.260 e. The molecule has 74 valence electrons. The Kier molecular flexibility index (Phi) is 1.98. The summed E-state index contributed by atoms with van der Waals surface area (Å²) in [5, 5.41) is 8.19. The first-order valence-electron chi connectivity index (χ1n) is 4.69. The predicted octanol–water partition coefficient (Wildman–Crippen LogP) is 1.94. The Bertz CT molecular complexity index is 439. The number of fused-ring (bicyclic) bond motifs is 1. The molecule has 0 saturated carbocycles. The van der Waals surface area contributed by atoms with Gasteiger partial charge in [0.1, 0.15) is 6.33 Å². The molecule has 0 aliphatic carbocycles. The molecule has 0 spiro atoms. The van der Waals surface area contributed by atoms with Crippen molar-refractivity contribution in [1.29, 1.82) is 0 Å². The van der Waals surface area contributed by atoms with Gasteiger partial charge < -0.3 is 0 Å². The van der Waals surface area contributed by atoms with Crippen molar-refractivity contribution in [1.82, 2.24) is 20.2 Å². The fourth-order valence-corrected chi connectivity index (χ4v) is 1.45. The molecule has 0 unspecified atom stereocenters. The molecule has 4 heteroatoms. The summed E-state index contributed by atoms with van der Waals surface area (Å²) >= 11 is 0. The Morgan fingerprint density at radius 2 is 2.14 bits per heavy atom. The summed E-state index contributed by atoms with van der Waals surface area (Å²) in [6.07, 6.45) is 4.27. The molecule has 0 radical (unpaired) electrons. The number of hydrogen-bond acceptors (Lipinski definition) is 3. The van der Waals surface area contributed by atoms with E-state index in [4.69, 9.17) is 0 Å². The van der Waals surface area contributed by atoms with Crippen LogP contribution in [-0.2, 0) is 6.42 Å². The van der Waals surface area contributed by atoms with Crippen LogP contribution < -0.4 is 0 Å². The van der Waals surface area contributed by atoms with Gasteiger partial charge in [0.25, 0.3) is 0 Å². The van der Waals surface area contributed by atoms with Crippen LogP contribution in [0.2, 0.25) is 0 Å². The lowest BCUT2D eigenvalue weighted by molar-refractivity contribution is 0.407. The zero-order valence-electron chi connectivity index (χ0n) is 8.70. The van der Waals surface area contributed by atoms with Gasteiger partial charge in [0, 0.05) is 6.20 Å². The van der Waals surface area contributed by atoms with Crippen LogP contribution in [0.25, 0.3) is 11.0 Å². The van der Waals surface area contributed by atoms with Crippen molar-refractivity contribution in [3.05, 3.63) is 18.2 Å². The van der Waals surface area contributed by atoms with Crippen LogP contribution in [0.3, 0.4) is 0 Å². The van der Waals surface area contributed by atoms with Crippen LogP contribution in [0.4, 0.5) is 0 Å². The van der Waals surface area contributed by atoms with Gasteiger partial charge in [-0.15, -0.1) is 0 Å². The lowest BCUT2D eigenvalue weighted by Crippen LogP contribution is -2.09. The van der Waals surface area contributed by atoms with E-state index in [1.807, 2.05) is 6.20 Å². The average Bonchev–Trinajstić information content (AvgIpc) is 2.47. The molecule has 2 rings (SSSR count). The van der Waals surface area contributed by atoms with Crippen LogP contribution in [0.15, 0.2) is 12.5 Å². The van der Waals surface area contributed by atoms with E-state index in [1.165, 1.54) is 6.33 Å². The first kappa shape index (κ1) is 9.12. The van der Waals surface area contributed by atoms with E-state index in [9.17, 15) is 0 Å². The third kappa shape index (κ3) is 1.73. The predicted molar refractivity (Wildman–Crippen MR) is 54.8 cm³/mol. The van der Waals surface area contributed by atoms with Crippen molar-refractivity contribution in [2.45, 2.75) is 27.2 Å². The van der Waals surface area contributed by atoms with E-state index in [1.54, 1.807) is 0 Å². The van der Waals surface area contributed by atoms with Crippen molar-refractivity contribution >= 4 is 11.0 Å². The van der Waals surface area contributed by atoms with E-state index in [0.29, 0.717) is 0 Å². The highest BCUT2D eigenvalue weighted by Crippen LogP contribution is 2.23. The van der Waals surface area contributed by atoms with Gasteiger partial charge in [0.05, 0.1) is 11.1 Å². The Morgan fingerprint density at radius 3 is 2.86 bits per heavy atom. The van der Waals surface area contributed by atoms with Gasteiger partial charge in [-0.2, -0.15) is 5.10 Å². The third-order valence-electron chi connectivity index (χ3n) is 2.02. The zero-order valence-corrected chi connectivity index (χ0v) is 8.70. The van der Waals surface area contributed by atoms with E-state index in [0.717, 1.165) is 23.1 Å². The van der Waals surface area contributed by atoms with Crippen LogP contribution in [0.5, 0.6) is 0 Å². The minimum atomic E-state index is 0.234. The third-order valence-corrected chi connectivity index (χ3v) is 2.02.